The number of urea groups is 1. The Bertz CT molecular complexity index is 1120. The molecular weight excluding hydrogens is 448 g/mol. The molecule has 35 heavy (non-hydrogen) atoms. The molecule has 1 spiro atoms. The SMILES string of the molecule is CCC1CCC2(CC1)NC(=O)N(CC(=O)Nc1ccc(C(=O)Nc3ccccc3OC)cc1)C2=O. The average molecular weight is 479 g/mol. The Morgan fingerprint density at radius 1 is 1.06 bits per heavy atom. The van der Waals surface area contributed by atoms with E-state index >= 15 is 0 Å². The van der Waals surface area contributed by atoms with E-state index in [-0.39, 0.29) is 18.4 Å². The lowest BCUT2D eigenvalue weighted by Crippen LogP contribution is -2.49. The van der Waals surface area contributed by atoms with E-state index in [1.807, 2.05) is 6.07 Å². The van der Waals surface area contributed by atoms with Gasteiger partial charge in [-0.3, -0.25) is 19.3 Å². The molecule has 1 saturated heterocycles. The second-order valence-corrected chi connectivity index (χ2v) is 9.04. The molecule has 1 aliphatic heterocycles. The molecular formula is C26H30N4O5. The number of nitrogens with zero attached hydrogens (tertiary/aromatic N) is 1. The van der Waals surface area contributed by atoms with Gasteiger partial charge in [-0.15, -0.1) is 0 Å². The van der Waals surface area contributed by atoms with Gasteiger partial charge < -0.3 is 20.7 Å². The monoisotopic (exact) mass is 478 g/mol. The molecule has 2 aromatic carbocycles. The first kappa shape index (κ1) is 24.3. The number of benzene rings is 2. The Balaban J connectivity index is 1.33. The number of carbonyl (C=O) groups is 4. The first-order chi connectivity index (χ1) is 16.8. The van der Waals surface area contributed by atoms with Crippen molar-refractivity contribution in [2.45, 2.75) is 44.6 Å². The van der Waals surface area contributed by atoms with Gasteiger partial charge in [0.2, 0.25) is 5.91 Å². The highest BCUT2D eigenvalue weighted by molar-refractivity contribution is 6.10. The van der Waals surface area contributed by atoms with E-state index in [0.717, 1.165) is 24.2 Å². The number of amides is 5. The number of hydrogen-bond acceptors (Lipinski definition) is 5. The Morgan fingerprint density at radius 3 is 2.40 bits per heavy atom. The van der Waals surface area contributed by atoms with Gasteiger partial charge >= 0.3 is 6.03 Å². The van der Waals surface area contributed by atoms with E-state index in [1.165, 1.54) is 7.11 Å². The fraction of sp³-hybridized carbons (Fsp3) is 0.385. The van der Waals surface area contributed by atoms with Crippen molar-refractivity contribution in [2.24, 2.45) is 5.92 Å². The molecule has 0 atom stereocenters. The minimum atomic E-state index is -0.876. The van der Waals surface area contributed by atoms with Crippen molar-refractivity contribution < 1.29 is 23.9 Å². The Kier molecular flexibility index (Phi) is 7.04. The zero-order chi connectivity index (χ0) is 25.0. The maximum Gasteiger partial charge on any atom is 0.325 e. The zero-order valence-electron chi connectivity index (χ0n) is 19.9. The fourth-order valence-electron chi connectivity index (χ4n) is 4.73. The Hall–Kier alpha value is -3.88. The van der Waals surface area contributed by atoms with E-state index < -0.39 is 17.5 Å². The van der Waals surface area contributed by atoms with Crippen molar-refractivity contribution >= 4 is 35.1 Å². The summed E-state index contributed by atoms with van der Waals surface area (Å²) < 4.78 is 5.24. The molecule has 0 unspecified atom stereocenters. The number of imide groups is 1. The number of ether oxygens (including phenoxy) is 1. The molecule has 0 aromatic heterocycles. The number of anilines is 2. The summed E-state index contributed by atoms with van der Waals surface area (Å²) in [5, 5.41) is 8.31. The van der Waals surface area contributed by atoms with Gasteiger partial charge in [-0.25, -0.2) is 4.79 Å². The molecule has 2 fully saturated rings. The summed E-state index contributed by atoms with van der Waals surface area (Å²) in [6.07, 6.45) is 4.05. The molecule has 1 saturated carbocycles. The average Bonchev–Trinajstić information content (AvgIpc) is 3.09. The molecule has 9 heteroatoms. The van der Waals surface area contributed by atoms with Crippen LogP contribution >= 0.6 is 0 Å². The predicted octanol–water partition coefficient (Wildman–Crippen LogP) is 3.78. The van der Waals surface area contributed by atoms with Crippen LogP contribution in [0.1, 0.15) is 49.4 Å². The molecule has 1 aliphatic carbocycles. The van der Waals surface area contributed by atoms with Crippen LogP contribution in [0.5, 0.6) is 5.75 Å². The lowest BCUT2D eigenvalue weighted by atomic mass is 9.75. The van der Waals surface area contributed by atoms with Crippen LogP contribution in [0.25, 0.3) is 0 Å². The van der Waals surface area contributed by atoms with Crippen LogP contribution < -0.4 is 20.7 Å². The van der Waals surface area contributed by atoms with Crippen molar-refractivity contribution in [3.8, 4) is 5.75 Å². The minimum absolute atomic E-state index is 0.324. The van der Waals surface area contributed by atoms with Gasteiger partial charge in [-0.1, -0.05) is 25.5 Å². The van der Waals surface area contributed by atoms with Crippen LogP contribution in [0, 0.1) is 5.92 Å². The molecule has 184 valence electrons. The number of carbonyl (C=O) groups excluding carboxylic acids is 4. The van der Waals surface area contributed by atoms with Crippen molar-refractivity contribution in [3.63, 3.8) is 0 Å². The second-order valence-electron chi connectivity index (χ2n) is 9.04. The first-order valence-electron chi connectivity index (χ1n) is 11.8. The standard InChI is InChI=1S/C26H30N4O5/c1-3-17-12-14-26(15-13-17)24(33)30(25(34)29-26)16-22(31)27-19-10-8-18(9-11-19)23(32)28-20-6-4-5-7-21(20)35-2/h4-11,17H,3,12-16H2,1-2H3,(H,27,31)(H,28,32)(H,29,34). The third kappa shape index (κ3) is 5.13. The molecule has 3 N–H and O–H groups in total. The number of para-hydroxylation sites is 2. The van der Waals surface area contributed by atoms with Gasteiger partial charge in [0.15, 0.2) is 0 Å². The zero-order valence-corrected chi connectivity index (χ0v) is 19.9. The van der Waals surface area contributed by atoms with Crippen LogP contribution in [0.4, 0.5) is 16.2 Å². The first-order valence-corrected chi connectivity index (χ1v) is 11.8. The minimum Gasteiger partial charge on any atom is -0.495 e. The summed E-state index contributed by atoms with van der Waals surface area (Å²) in [5.41, 5.74) is 0.521. The summed E-state index contributed by atoms with van der Waals surface area (Å²) in [4.78, 5) is 51.6. The maximum absolute atomic E-state index is 13.0. The van der Waals surface area contributed by atoms with Crippen molar-refractivity contribution in [3.05, 3.63) is 54.1 Å². The van der Waals surface area contributed by atoms with Gasteiger partial charge in [0.05, 0.1) is 12.8 Å². The maximum atomic E-state index is 13.0. The smallest absolute Gasteiger partial charge is 0.325 e. The third-order valence-electron chi connectivity index (χ3n) is 6.87. The number of methoxy groups -OCH3 is 1. The van der Waals surface area contributed by atoms with Gasteiger partial charge in [0.1, 0.15) is 17.8 Å². The lowest BCUT2D eigenvalue weighted by Gasteiger charge is -2.34. The van der Waals surface area contributed by atoms with Crippen LogP contribution in [0.3, 0.4) is 0 Å². The Morgan fingerprint density at radius 2 is 1.74 bits per heavy atom. The van der Waals surface area contributed by atoms with Crippen LogP contribution in [0.2, 0.25) is 0 Å². The van der Waals surface area contributed by atoms with Crippen molar-refractivity contribution in [1.29, 1.82) is 0 Å². The number of rotatable bonds is 7. The van der Waals surface area contributed by atoms with Crippen LogP contribution in [0.15, 0.2) is 48.5 Å². The quantitative estimate of drug-likeness (QED) is 0.524. The highest BCUT2D eigenvalue weighted by Crippen LogP contribution is 2.37. The van der Waals surface area contributed by atoms with Crippen LogP contribution in [-0.2, 0) is 9.59 Å². The largest absolute Gasteiger partial charge is 0.495 e. The highest BCUT2D eigenvalue weighted by Gasteiger charge is 2.52. The molecule has 1 heterocycles. The summed E-state index contributed by atoms with van der Waals surface area (Å²) in [7, 11) is 1.53. The predicted molar refractivity (Wildman–Crippen MR) is 131 cm³/mol. The van der Waals surface area contributed by atoms with Gasteiger partial charge in [0, 0.05) is 11.3 Å². The molecule has 4 rings (SSSR count). The lowest BCUT2D eigenvalue weighted by molar-refractivity contribution is -0.135. The number of nitrogens with one attached hydrogen (secondary N) is 3. The van der Waals surface area contributed by atoms with E-state index in [1.54, 1.807) is 42.5 Å². The van der Waals surface area contributed by atoms with E-state index in [4.69, 9.17) is 4.74 Å². The normalized spacial score (nSPS) is 21.5. The van der Waals surface area contributed by atoms with Crippen molar-refractivity contribution in [1.82, 2.24) is 10.2 Å². The summed E-state index contributed by atoms with van der Waals surface area (Å²) in [6.45, 7) is 1.77. The highest BCUT2D eigenvalue weighted by atomic mass is 16.5. The van der Waals surface area contributed by atoms with E-state index in [9.17, 15) is 19.2 Å². The molecule has 5 amide bonds. The topological polar surface area (TPSA) is 117 Å². The van der Waals surface area contributed by atoms with E-state index in [0.29, 0.717) is 41.4 Å². The van der Waals surface area contributed by atoms with Crippen molar-refractivity contribution in [2.75, 3.05) is 24.3 Å². The van der Waals surface area contributed by atoms with Gasteiger partial charge in [0.25, 0.3) is 11.8 Å². The third-order valence-corrected chi connectivity index (χ3v) is 6.87. The molecule has 9 nitrogen and oxygen atoms in total. The van der Waals surface area contributed by atoms with Gasteiger partial charge in [-0.05, 0) is 68.0 Å². The molecule has 2 aliphatic rings. The molecule has 0 bridgehead atoms. The number of hydrogen-bond donors (Lipinski definition) is 3. The summed E-state index contributed by atoms with van der Waals surface area (Å²) in [6, 6.07) is 12.9. The summed E-state index contributed by atoms with van der Waals surface area (Å²) >= 11 is 0. The van der Waals surface area contributed by atoms with Gasteiger partial charge in [-0.2, -0.15) is 0 Å². The fourth-order valence-corrected chi connectivity index (χ4v) is 4.73. The Labute approximate surface area is 204 Å². The molecule has 2 aromatic rings. The summed E-state index contributed by atoms with van der Waals surface area (Å²) in [5.74, 6) is -0.0164. The van der Waals surface area contributed by atoms with Crippen LogP contribution in [-0.4, -0.2) is 47.8 Å². The molecule has 0 radical (unpaired) electrons. The second kappa shape index (κ2) is 10.2. The van der Waals surface area contributed by atoms with E-state index in [2.05, 4.69) is 22.9 Å².